The van der Waals surface area contributed by atoms with E-state index in [1.807, 2.05) is 0 Å². The molecule has 1 fully saturated rings. The van der Waals surface area contributed by atoms with Gasteiger partial charge in [-0.05, 0) is 0 Å². The van der Waals surface area contributed by atoms with Gasteiger partial charge < -0.3 is 24.8 Å². The van der Waals surface area contributed by atoms with Gasteiger partial charge in [0.25, 0.3) is 0 Å². The summed E-state index contributed by atoms with van der Waals surface area (Å²) in [6.07, 6.45) is 22.2. The number of hydrogen-bond donors (Lipinski definition) is 0. The summed E-state index contributed by atoms with van der Waals surface area (Å²) in [5.41, 5.74) is 16.4. The monoisotopic (exact) mass is 578 g/mol. The van der Waals surface area contributed by atoms with Crippen LogP contribution in [0.1, 0.15) is 91.3 Å². The van der Waals surface area contributed by atoms with Gasteiger partial charge in [0.05, 0.1) is 0 Å². The fourth-order valence-corrected chi connectivity index (χ4v) is 25.6. The Morgan fingerprint density at radius 2 is 1.11 bits per heavy atom. The van der Waals surface area contributed by atoms with Gasteiger partial charge in [-0.15, -0.1) is 0 Å². The Kier molecular flexibility index (Phi) is 7.02. The Balaban J connectivity index is 0.00000127. The normalized spacial score (nSPS) is 22.8. The summed E-state index contributed by atoms with van der Waals surface area (Å²) in [4.78, 5) is 0. The molecule has 0 amide bonds. The van der Waals surface area contributed by atoms with Crippen molar-refractivity contribution in [1.29, 1.82) is 0 Å². The van der Waals surface area contributed by atoms with Crippen molar-refractivity contribution >= 4 is 24.3 Å². The molecule has 2 atom stereocenters. The summed E-state index contributed by atoms with van der Waals surface area (Å²) in [6, 6.07) is 10.1. The van der Waals surface area contributed by atoms with Crippen LogP contribution in [0.2, 0.25) is 8.26 Å². The van der Waals surface area contributed by atoms with Crippen molar-refractivity contribution in [3.63, 3.8) is 0 Å². The van der Waals surface area contributed by atoms with E-state index in [0.29, 0.717) is 0 Å². The van der Waals surface area contributed by atoms with Crippen LogP contribution < -0.4 is 24.8 Å². The summed E-state index contributed by atoms with van der Waals surface area (Å²) >= 11 is -2.50. The first kappa shape index (κ1) is 25.5. The van der Waals surface area contributed by atoms with Gasteiger partial charge in [-0.25, -0.2) is 0 Å². The Morgan fingerprint density at radius 1 is 0.657 bits per heavy atom. The van der Waals surface area contributed by atoms with E-state index in [4.69, 9.17) is 0 Å². The summed E-state index contributed by atoms with van der Waals surface area (Å²) in [6.45, 7) is 4.82. The standard InChI is InChI=1S/2C15H15.C2H4.2ClH.Zr/c2*1-2-11-9-13-8-7-12-5-3-4-6-14(12)15(13)10-11;1-2;;;/h2*4,6-10H,2-3,5H2,1H3;1-2H2;2*1H;/q;;;;;+2/p-2. The molecule has 1 heterocycles. The second-order valence-corrected chi connectivity index (χ2v) is 22.3. The second-order valence-electron chi connectivity index (χ2n) is 10.9. The zero-order chi connectivity index (χ0) is 22.2. The quantitative estimate of drug-likeness (QED) is 0.522. The van der Waals surface area contributed by atoms with Crippen molar-refractivity contribution in [2.45, 2.75) is 67.9 Å². The van der Waals surface area contributed by atoms with Crippen molar-refractivity contribution in [3.8, 4) is 0 Å². The minimum Gasteiger partial charge on any atom is -1.00 e. The molecule has 0 nitrogen and oxygen atoms in total. The first-order valence-electron chi connectivity index (χ1n) is 13.3. The van der Waals surface area contributed by atoms with Gasteiger partial charge in [0.2, 0.25) is 0 Å². The van der Waals surface area contributed by atoms with Crippen LogP contribution >= 0.6 is 0 Å². The molecule has 4 aliphatic carbocycles. The molecule has 1 saturated heterocycles. The van der Waals surface area contributed by atoms with E-state index in [0.717, 1.165) is 7.25 Å². The van der Waals surface area contributed by atoms with Crippen LogP contribution in [0, 0.1) is 0 Å². The maximum absolute atomic E-state index is 2.65. The summed E-state index contributed by atoms with van der Waals surface area (Å²) < 4.78 is 4.71. The van der Waals surface area contributed by atoms with E-state index in [2.05, 4.69) is 74.6 Å². The van der Waals surface area contributed by atoms with Crippen molar-refractivity contribution < 1.29 is 45.1 Å². The van der Waals surface area contributed by atoms with Gasteiger partial charge in [0.15, 0.2) is 0 Å². The molecule has 1 aliphatic heterocycles. The van der Waals surface area contributed by atoms with Gasteiger partial charge in [-0.2, -0.15) is 0 Å². The Hall–Kier alpha value is -1.14. The molecular formula is C32H34Cl2Zr. The van der Waals surface area contributed by atoms with E-state index in [9.17, 15) is 0 Å². The van der Waals surface area contributed by atoms with Crippen molar-refractivity contribution in [3.05, 3.63) is 92.1 Å². The zero-order valence-corrected chi connectivity index (χ0v) is 24.8. The van der Waals surface area contributed by atoms with Crippen LogP contribution in [0.15, 0.2) is 47.6 Å². The SMILES string of the molecule is CCC1=Cc2c(ccc3c2C=CCC3)[CH]1[Zr+2]1([CH]2C(CC)=Cc3c2ccc2c3C=CCC2)[CH2][CH2]1.[Cl-].[Cl-]. The molecule has 0 N–H and O–H groups in total. The molecule has 0 radical (unpaired) electrons. The maximum Gasteiger partial charge on any atom is -1.00 e. The molecule has 0 spiro atoms. The first-order valence-corrected chi connectivity index (χ1v) is 19.6. The molecule has 2 aromatic carbocycles. The van der Waals surface area contributed by atoms with Crippen LogP contribution in [0.3, 0.4) is 0 Å². The van der Waals surface area contributed by atoms with Crippen LogP contribution in [0.4, 0.5) is 0 Å². The number of fused-ring (bicyclic) bond motifs is 6. The number of benzene rings is 2. The molecule has 7 rings (SSSR count). The molecule has 0 bridgehead atoms. The van der Waals surface area contributed by atoms with Crippen LogP contribution in [0.25, 0.3) is 24.3 Å². The molecule has 180 valence electrons. The largest absolute Gasteiger partial charge is 1.00 e. The zero-order valence-electron chi connectivity index (χ0n) is 20.8. The molecule has 2 unspecified atom stereocenters. The Labute approximate surface area is 227 Å². The molecule has 2 aromatic rings. The van der Waals surface area contributed by atoms with E-state index in [1.165, 1.54) is 38.5 Å². The molecule has 0 aromatic heterocycles. The van der Waals surface area contributed by atoms with Crippen molar-refractivity contribution in [1.82, 2.24) is 0 Å². The number of rotatable bonds is 4. The van der Waals surface area contributed by atoms with E-state index < -0.39 is 20.3 Å². The summed E-state index contributed by atoms with van der Waals surface area (Å²) in [5.74, 6) is 0. The fraction of sp³-hybridized carbons (Fsp3) is 0.375. The third-order valence-corrected chi connectivity index (χ3v) is 22.4. The van der Waals surface area contributed by atoms with E-state index in [1.54, 1.807) is 63.9 Å². The number of hydrogen-bond acceptors (Lipinski definition) is 0. The van der Waals surface area contributed by atoms with Gasteiger partial charge in [-0.1, -0.05) is 0 Å². The van der Waals surface area contributed by atoms with Gasteiger partial charge in [-0.3, -0.25) is 0 Å². The number of halogens is 2. The number of aryl methyl sites for hydroxylation is 2. The second kappa shape index (κ2) is 9.63. The maximum atomic E-state index is 2.65. The van der Waals surface area contributed by atoms with Crippen LogP contribution in [-0.4, -0.2) is 0 Å². The van der Waals surface area contributed by atoms with Crippen molar-refractivity contribution in [2.75, 3.05) is 0 Å². The molecule has 0 saturated carbocycles. The average Bonchev–Trinajstić information content (AvgIpc) is 3.40. The van der Waals surface area contributed by atoms with Gasteiger partial charge in [0.1, 0.15) is 0 Å². The Bertz CT molecular complexity index is 1210. The number of allylic oxidation sites excluding steroid dienone is 4. The minimum absolute atomic E-state index is 0. The average molecular weight is 581 g/mol. The first-order chi connectivity index (χ1) is 16.2. The van der Waals surface area contributed by atoms with Gasteiger partial charge in [0, 0.05) is 0 Å². The summed E-state index contributed by atoms with van der Waals surface area (Å²) in [5, 5.41) is 0. The smallest absolute Gasteiger partial charge is 1.00 e. The predicted octanol–water partition coefficient (Wildman–Crippen LogP) is 3.01. The van der Waals surface area contributed by atoms with E-state index in [-0.39, 0.29) is 24.8 Å². The molecule has 35 heavy (non-hydrogen) atoms. The van der Waals surface area contributed by atoms with Crippen molar-refractivity contribution in [2.24, 2.45) is 0 Å². The van der Waals surface area contributed by atoms with Crippen LogP contribution in [0.5, 0.6) is 0 Å². The molecule has 5 aliphatic rings. The van der Waals surface area contributed by atoms with Gasteiger partial charge >= 0.3 is 205 Å². The van der Waals surface area contributed by atoms with E-state index >= 15 is 0 Å². The molecule has 3 heteroatoms. The third kappa shape index (κ3) is 3.71. The fourth-order valence-electron chi connectivity index (χ4n) is 7.73. The predicted molar refractivity (Wildman–Crippen MR) is 139 cm³/mol. The third-order valence-electron chi connectivity index (χ3n) is 9.37. The molecular weight excluding hydrogens is 546 g/mol. The topological polar surface area (TPSA) is 0 Å². The minimum atomic E-state index is -2.50. The summed E-state index contributed by atoms with van der Waals surface area (Å²) in [7, 11) is 0. The Morgan fingerprint density at radius 3 is 1.51 bits per heavy atom. The van der Waals surface area contributed by atoms with Crippen LogP contribution in [-0.2, 0) is 33.1 Å².